The Labute approximate surface area is 64.3 Å². The van der Waals surface area contributed by atoms with E-state index in [0.717, 1.165) is 6.54 Å². The van der Waals surface area contributed by atoms with Gasteiger partial charge < -0.3 is 5.32 Å². The summed E-state index contributed by atoms with van der Waals surface area (Å²) in [5.74, 6) is -0.00259. The van der Waals surface area contributed by atoms with Crippen LogP contribution in [-0.2, 0) is 4.79 Å². The fourth-order valence-corrected chi connectivity index (χ4v) is 1.30. The van der Waals surface area contributed by atoms with Crippen LogP contribution >= 0.6 is 0 Å². The highest BCUT2D eigenvalue weighted by Gasteiger charge is 2.31. The molecule has 11 heavy (non-hydrogen) atoms. The first-order chi connectivity index (χ1) is 5.38. The van der Waals surface area contributed by atoms with Crippen molar-refractivity contribution < 1.29 is 4.79 Å². The lowest BCUT2D eigenvalue weighted by molar-refractivity contribution is -0.124. The maximum absolute atomic E-state index is 11.1. The molecular formula is C6H10N4O. The molecule has 2 unspecified atom stereocenters. The van der Waals surface area contributed by atoms with Crippen molar-refractivity contribution in [3.63, 3.8) is 0 Å². The van der Waals surface area contributed by atoms with Crippen LogP contribution < -0.4 is 16.0 Å². The van der Waals surface area contributed by atoms with Gasteiger partial charge in [0.1, 0.15) is 0 Å². The van der Waals surface area contributed by atoms with Gasteiger partial charge in [0.2, 0.25) is 5.91 Å². The summed E-state index contributed by atoms with van der Waals surface area (Å²) in [6.07, 6.45) is 1.75. The SMILES string of the molecule is O=C1NCNC2NCC=NC12. The first kappa shape index (κ1) is 6.75. The Hall–Kier alpha value is -0.940. The number of hydrogen-bond donors (Lipinski definition) is 3. The molecule has 2 aliphatic rings. The fourth-order valence-electron chi connectivity index (χ4n) is 1.30. The molecule has 0 radical (unpaired) electrons. The Morgan fingerprint density at radius 1 is 1.55 bits per heavy atom. The van der Waals surface area contributed by atoms with Crippen LogP contribution in [0.5, 0.6) is 0 Å². The van der Waals surface area contributed by atoms with E-state index in [0.29, 0.717) is 6.67 Å². The highest BCUT2D eigenvalue weighted by molar-refractivity contribution is 5.85. The monoisotopic (exact) mass is 154 g/mol. The number of aliphatic imine (C=N–C) groups is 1. The van der Waals surface area contributed by atoms with E-state index in [9.17, 15) is 4.79 Å². The van der Waals surface area contributed by atoms with Crippen molar-refractivity contribution in [2.75, 3.05) is 13.2 Å². The molecule has 2 heterocycles. The normalized spacial score (nSPS) is 36.2. The van der Waals surface area contributed by atoms with Gasteiger partial charge >= 0.3 is 0 Å². The maximum Gasteiger partial charge on any atom is 0.248 e. The van der Waals surface area contributed by atoms with Crippen LogP contribution in [0.15, 0.2) is 4.99 Å². The van der Waals surface area contributed by atoms with Gasteiger partial charge in [0, 0.05) is 12.8 Å². The molecular weight excluding hydrogens is 144 g/mol. The van der Waals surface area contributed by atoms with Gasteiger partial charge in [-0.15, -0.1) is 0 Å². The minimum Gasteiger partial charge on any atom is -0.342 e. The van der Waals surface area contributed by atoms with Gasteiger partial charge in [0.05, 0.1) is 12.8 Å². The molecule has 0 bridgehead atoms. The summed E-state index contributed by atoms with van der Waals surface area (Å²) in [4.78, 5) is 15.2. The van der Waals surface area contributed by atoms with Crippen molar-refractivity contribution in [3.05, 3.63) is 0 Å². The van der Waals surface area contributed by atoms with Gasteiger partial charge in [-0.3, -0.25) is 20.4 Å². The Balaban J connectivity index is 2.16. The minimum absolute atomic E-state index is 0.00259. The van der Waals surface area contributed by atoms with Gasteiger partial charge in [-0.2, -0.15) is 0 Å². The lowest BCUT2D eigenvalue weighted by Crippen LogP contribution is -2.64. The van der Waals surface area contributed by atoms with E-state index >= 15 is 0 Å². The Morgan fingerprint density at radius 2 is 2.45 bits per heavy atom. The van der Waals surface area contributed by atoms with Crippen LogP contribution in [0.2, 0.25) is 0 Å². The molecule has 1 saturated heterocycles. The quantitative estimate of drug-likeness (QED) is 0.379. The maximum atomic E-state index is 11.1. The highest BCUT2D eigenvalue weighted by Crippen LogP contribution is 2.02. The second-order valence-corrected chi connectivity index (χ2v) is 2.58. The molecule has 5 heteroatoms. The van der Waals surface area contributed by atoms with Crippen LogP contribution in [0.4, 0.5) is 0 Å². The third-order valence-corrected chi connectivity index (χ3v) is 1.86. The summed E-state index contributed by atoms with van der Waals surface area (Å²) >= 11 is 0. The van der Waals surface area contributed by atoms with E-state index in [-0.39, 0.29) is 18.1 Å². The standard InChI is InChI=1S/C6H10N4O/c11-6-4-5(9-3-10-6)8-2-1-7-4/h1,4-5,8-9H,2-3H2,(H,10,11). The Morgan fingerprint density at radius 3 is 3.27 bits per heavy atom. The molecule has 5 nitrogen and oxygen atoms in total. The summed E-state index contributed by atoms with van der Waals surface area (Å²) in [7, 11) is 0. The Kier molecular flexibility index (Phi) is 1.59. The number of nitrogens with one attached hydrogen (secondary N) is 3. The summed E-state index contributed by atoms with van der Waals surface area (Å²) in [5, 5.41) is 8.90. The molecule has 2 aliphatic heterocycles. The Bertz CT molecular complexity index is 203. The molecule has 0 aromatic heterocycles. The predicted molar refractivity (Wildman–Crippen MR) is 40.2 cm³/mol. The lowest BCUT2D eigenvalue weighted by Gasteiger charge is -2.32. The van der Waals surface area contributed by atoms with Gasteiger partial charge in [0.15, 0.2) is 6.04 Å². The molecule has 2 atom stereocenters. The van der Waals surface area contributed by atoms with Crippen LogP contribution in [0.1, 0.15) is 0 Å². The van der Waals surface area contributed by atoms with Crippen molar-refractivity contribution in [2.24, 2.45) is 4.99 Å². The van der Waals surface area contributed by atoms with Crippen molar-refractivity contribution in [1.29, 1.82) is 0 Å². The molecule has 0 aromatic rings. The number of amides is 1. The van der Waals surface area contributed by atoms with E-state index in [1.165, 1.54) is 0 Å². The fraction of sp³-hybridized carbons (Fsp3) is 0.667. The highest BCUT2D eigenvalue weighted by atomic mass is 16.2. The van der Waals surface area contributed by atoms with Crippen LogP contribution in [0.3, 0.4) is 0 Å². The molecule has 2 rings (SSSR count). The average Bonchev–Trinajstić information content (AvgIpc) is 2.06. The topological polar surface area (TPSA) is 65.5 Å². The van der Waals surface area contributed by atoms with Gasteiger partial charge in [-0.1, -0.05) is 0 Å². The third kappa shape index (κ3) is 1.12. The van der Waals surface area contributed by atoms with E-state index in [1.54, 1.807) is 6.21 Å². The molecule has 0 saturated carbocycles. The zero-order chi connectivity index (χ0) is 7.68. The largest absolute Gasteiger partial charge is 0.342 e. The van der Waals surface area contributed by atoms with Crippen molar-refractivity contribution in [2.45, 2.75) is 12.2 Å². The van der Waals surface area contributed by atoms with Gasteiger partial charge in [-0.25, -0.2) is 0 Å². The van der Waals surface area contributed by atoms with E-state index < -0.39 is 0 Å². The lowest BCUT2D eigenvalue weighted by atomic mass is 10.1. The number of rotatable bonds is 0. The number of carbonyl (C=O) groups excluding carboxylic acids is 1. The molecule has 0 aromatic carbocycles. The second kappa shape index (κ2) is 2.60. The molecule has 0 aliphatic carbocycles. The summed E-state index contributed by atoms with van der Waals surface area (Å²) in [6, 6.07) is -0.280. The predicted octanol–water partition coefficient (Wildman–Crippen LogP) is -1.97. The number of carbonyl (C=O) groups is 1. The molecule has 0 spiro atoms. The zero-order valence-corrected chi connectivity index (χ0v) is 6.00. The smallest absolute Gasteiger partial charge is 0.248 e. The zero-order valence-electron chi connectivity index (χ0n) is 6.00. The first-order valence-electron chi connectivity index (χ1n) is 3.64. The average molecular weight is 154 g/mol. The van der Waals surface area contributed by atoms with E-state index in [2.05, 4.69) is 20.9 Å². The number of fused-ring (bicyclic) bond motifs is 1. The summed E-state index contributed by atoms with van der Waals surface area (Å²) < 4.78 is 0. The molecule has 3 N–H and O–H groups in total. The van der Waals surface area contributed by atoms with Gasteiger partial charge in [0.25, 0.3) is 0 Å². The van der Waals surface area contributed by atoms with E-state index in [1.807, 2.05) is 0 Å². The number of nitrogens with zero attached hydrogens (tertiary/aromatic N) is 1. The molecule has 60 valence electrons. The van der Waals surface area contributed by atoms with Crippen molar-refractivity contribution >= 4 is 12.1 Å². The van der Waals surface area contributed by atoms with E-state index in [4.69, 9.17) is 0 Å². The van der Waals surface area contributed by atoms with Crippen LogP contribution in [0, 0.1) is 0 Å². The van der Waals surface area contributed by atoms with Gasteiger partial charge in [-0.05, 0) is 0 Å². The van der Waals surface area contributed by atoms with Crippen molar-refractivity contribution in [3.8, 4) is 0 Å². The van der Waals surface area contributed by atoms with Crippen LogP contribution in [0.25, 0.3) is 0 Å². The molecule has 1 fully saturated rings. The number of hydrogen-bond acceptors (Lipinski definition) is 4. The first-order valence-corrected chi connectivity index (χ1v) is 3.64. The minimum atomic E-state index is -0.280. The third-order valence-electron chi connectivity index (χ3n) is 1.86. The van der Waals surface area contributed by atoms with Crippen molar-refractivity contribution in [1.82, 2.24) is 16.0 Å². The van der Waals surface area contributed by atoms with Crippen LogP contribution in [-0.4, -0.2) is 37.5 Å². The molecule has 1 amide bonds. The summed E-state index contributed by atoms with van der Waals surface area (Å²) in [5.41, 5.74) is 0. The summed E-state index contributed by atoms with van der Waals surface area (Å²) in [6.45, 7) is 1.27. The second-order valence-electron chi connectivity index (χ2n) is 2.58.